The number of pyridine rings is 1. The number of fused-ring (bicyclic) bond motifs is 2. The van der Waals surface area contributed by atoms with Gasteiger partial charge in [-0.15, -0.1) is 0 Å². The number of nitrogens with one attached hydrogen (secondary N) is 1. The lowest BCUT2D eigenvalue weighted by Crippen LogP contribution is -2.30. The highest BCUT2D eigenvalue weighted by Gasteiger charge is 2.27. The zero-order chi connectivity index (χ0) is 21.4. The number of benzene rings is 2. The highest BCUT2D eigenvalue weighted by Crippen LogP contribution is 2.35. The summed E-state index contributed by atoms with van der Waals surface area (Å²) in [4.78, 5) is 26.1. The van der Waals surface area contributed by atoms with Crippen molar-refractivity contribution in [2.75, 3.05) is 14.2 Å². The van der Waals surface area contributed by atoms with E-state index in [1.165, 1.54) is 24.9 Å². The third-order valence-electron chi connectivity index (χ3n) is 5.69. The average Bonchev–Trinajstić information content (AvgIpc) is 3.17. The number of methoxy groups -OCH3 is 2. The molecule has 0 fully saturated rings. The Hall–Kier alpha value is -3.35. The summed E-state index contributed by atoms with van der Waals surface area (Å²) in [5.74, 6) is 0.283. The van der Waals surface area contributed by atoms with E-state index in [-0.39, 0.29) is 23.3 Å². The lowest BCUT2D eigenvalue weighted by molar-refractivity contribution is 0.0937. The first-order valence-electron chi connectivity index (χ1n) is 9.85. The van der Waals surface area contributed by atoms with Crippen molar-refractivity contribution in [1.29, 1.82) is 0 Å². The number of aromatic nitrogens is 1. The lowest BCUT2D eigenvalue weighted by atomic mass is 10.0. The Balaban J connectivity index is 1.80. The van der Waals surface area contributed by atoms with Crippen molar-refractivity contribution in [3.8, 4) is 11.5 Å². The van der Waals surface area contributed by atoms with Crippen LogP contribution in [0.5, 0.6) is 11.5 Å². The molecule has 30 heavy (non-hydrogen) atoms. The van der Waals surface area contributed by atoms with Gasteiger partial charge in [0, 0.05) is 18.1 Å². The normalized spacial score (nSPS) is 15.1. The van der Waals surface area contributed by atoms with Crippen LogP contribution in [0.15, 0.2) is 41.3 Å². The summed E-state index contributed by atoms with van der Waals surface area (Å²) in [6.07, 6.45) is 2.77. The van der Waals surface area contributed by atoms with Gasteiger partial charge < -0.3 is 19.4 Å². The van der Waals surface area contributed by atoms with Crippen molar-refractivity contribution in [3.05, 3.63) is 69.4 Å². The molecule has 0 saturated carbocycles. The Bertz CT molecular complexity index is 1200. The second-order valence-electron chi connectivity index (χ2n) is 7.26. The van der Waals surface area contributed by atoms with E-state index >= 15 is 0 Å². The van der Waals surface area contributed by atoms with E-state index in [0.29, 0.717) is 52.8 Å². The number of halogens is 1. The molecule has 7 heteroatoms. The minimum Gasteiger partial charge on any atom is -0.493 e. The monoisotopic (exact) mass is 410 g/mol. The first-order chi connectivity index (χ1) is 14.5. The van der Waals surface area contributed by atoms with Gasteiger partial charge >= 0.3 is 0 Å². The number of aryl methyl sites for hydroxylation is 1. The predicted molar refractivity (Wildman–Crippen MR) is 112 cm³/mol. The maximum absolute atomic E-state index is 14.1. The molecule has 1 amide bonds. The van der Waals surface area contributed by atoms with Crippen LogP contribution < -0.4 is 20.3 Å². The van der Waals surface area contributed by atoms with Crippen LogP contribution in [-0.2, 0) is 13.0 Å². The minimum absolute atomic E-state index is 0.210. The van der Waals surface area contributed by atoms with Crippen molar-refractivity contribution < 1.29 is 18.7 Å². The second kappa shape index (κ2) is 7.82. The highest BCUT2D eigenvalue weighted by atomic mass is 19.1. The molecule has 1 N–H and O–H groups in total. The van der Waals surface area contributed by atoms with E-state index in [1.807, 2.05) is 13.0 Å². The van der Waals surface area contributed by atoms with Crippen molar-refractivity contribution in [2.24, 2.45) is 0 Å². The molecule has 6 nitrogen and oxygen atoms in total. The van der Waals surface area contributed by atoms with Crippen molar-refractivity contribution in [2.45, 2.75) is 32.4 Å². The van der Waals surface area contributed by atoms with Gasteiger partial charge in [-0.3, -0.25) is 9.59 Å². The minimum atomic E-state index is -0.323. The van der Waals surface area contributed by atoms with Crippen LogP contribution in [0.2, 0.25) is 0 Å². The molecule has 0 saturated heterocycles. The first-order valence-corrected chi connectivity index (χ1v) is 9.85. The largest absolute Gasteiger partial charge is 0.493 e. The van der Waals surface area contributed by atoms with Crippen LogP contribution in [0.3, 0.4) is 0 Å². The summed E-state index contributed by atoms with van der Waals surface area (Å²) in [6, 6.07) is 7.90. The zero-order valence-corrected chi connectivity index (χ0v) is 17.1. The Morgan fingerprint density at radius 1 is 1.20 bits per heavy atom. The van der Waals surface area contributed by atoms with Gasteiger partial charge in [0.05, 0.1) is 31.2 Å². The molecule has 0 bridgehead atoms. The van der Waals surface area contributed by atoms with Gasteiger partial charge in [0.1, 0.15) is 5.82 Å². The SMILES string of the molecule is CCn1cc(C(=O)NC2CCc3c(F)cccc32)c2cc(OC)c(OC)cc2c1=O. The van der Waals surface area contributed by atoms with Gasteiger partial charge in [-0.2, -0.15) is 0 Å². The molecule has 2 aromatic carbocycles. The standard InChI is InChI=1S/C23H23FN2O4/c1-4-26-12-17(15-10-20(29-2)21(30-3)11-16(15)23(26)28)22(27)25-19-9-8-13-14(19)6-5-7-18(13)24/h5-7,10-12,19H,4,8-9H2,1-3H3,(H,25,27). The van der Waals surface area contributed by atoms with Crippen LogP contribution in [0.25, 0.3) is 10.8 Å². The summed E-state index contributed by atoms with van der Waals surface area (Å²) < 4.78 is 26.2. The fourth-order valence-corrected chi connectivity index (χ4v) is 4.13. The van der Waals surface area contributed by atoms with E-state index in [9.17, 15) is 14.0 Å². The maximum Gasteiger partial charge on any atom is 0.258 e. The van der Waals surface area contributed by atoms with E-state index in [0.717, 1.165) is 5.56 Å². The Morgan fingerprint density at radius 2 is 1.90 bits per heavy atom. The van der Waals surface area contributed by atoms with E-state index in [1.54, 1.807) is 24.4 Å². The molecule has 1 aromatic heterocycles. The van der Waals surface area contributed by atoms with Gasteiger partial charge in [-0.25, -0.2) is 4.39 Å². The highest BCUT2D eigenvalue weighted by molar-refractivity contribution is 6.07. The van der Waals surface area contributed by atoms with Gasteiger partial charge in [0.2, 0.25) is 0 Å². The number of ether oxygens (including phenoxy) is 2. The molecule has 156 valence electrons. The Labute approximate surface area is 173 Å². The maximum atomic E-state index is 14.1. The molecule has 0 aliphatic heterocycles. The Morgan fingerprint density at radius 3 is 2.57 bits per heavy atom. The number of rotatable bonds is 5. The predicted octanol–water partition coefficient (Wildman–Crippen LogP) is 3.60. The van der Waals surface area contributed by atoms with Crippen LogP contribution in [0.4, 0.5) is 4.39 Å². The number of carbonyl (C=O) groups excluding carboxylic acids is 1. The van der Waals surface area contributed by atoms with Crippen molar-refractivity contribution in [1.82, 2.24) is 9.88 Å². The number of amides is 1. The smallest absolute Gasteiger partial charge is 0.258 e. The van der Waals surface area contributed by atoms with Gasteiger partial charge in [0.25, 0.3) is 11.5 Å². The molecule has 0 radical (unpaired) electrons. The number of hydrogen-bond donors (Lipinski definition) is 1. The fourth-order valence-electron chi connectivity index (χ4n) is 4.13. The van der Waals surface area contributed by atoms with Gasteiger partial charge in [-0.05, 0) is 49.1 Å². The molecule has 1 atom stereocenters. The van der Waals surface area contributed by atoms with Crippen LogP contribution in [0, 0.1) is 5.82 Å². The third kappa shape index (κ3) is 3.20. The van der Waals surface area contributed by atoms with Crippen LogP contribution in [0.1, 0.15) is 40.9 Å². The third-order valence-corrected chi connectivity index (χ3v) is 5.69. The lowest BCUT2D eigenvalue weighted by Gasteiger charge is -2.17. The molecule has 3 aromatic rings. The van der Waals surface area contributed by atoms with Crippen LogP contribution >= 0.6 is 0 Å². The summed E-state index contributed by atoms with van der Waals surface area (Å²) in [7, 11) is 3.00. The molecule has 0 spiro atoms. The second-order valence-corrected chi connectivity index (χ2v) is 7.26. The number of hydrogen-bond acceptors (Lipinski definition) is 4. The fraction of sp³-hybridized carbons (Fsp3) is 0.304. The molecule has 1 unspecified atom stereocenters. The summed E-state index contributed by atoms with van der Waals surface area (Å²) in [5, 5.41) is 3.87. The van der Waals surface area contributed by atoms with Gasteiger partial charge in [-0.1, -0.05) is 12.1 Å². The molecular formula is C23H23FN2O4. The zero-order valence-electron chi connectivity index (χ0n) is 17.1. The van der Waals surface area contributed by atoms with Crippen molar-refractivity contribution in [3.63, 3.8) is 0 Å². The van der Waals surface area contributed by atoms with E-state index in [2.05, 4.69) is 5.32 Å². The summed E-state index contributed by atoms with van der Waals surface area (Å²) >= 11 is 0. The van der Waals surface area contributed by atoms with E-state index < -0.39 is 0 Å². The van der Waals surface area contributed by atoms with Gasteiger partial charge in [0.15, 0.2) is 11.5 Å². The quantitative estimate of drug-likeness (QED) is 0.698. The first kappa shape index (κ1) is 19.9. The molecule has 1 aliphatic rings. The molecule has 1 heterocycles. The summed E-state index contributed by atoms with van der Waals surface area (Å²) in [6.45, 7) is 2.26. The molecular weight excluding hydrogens is 387 g/mol. The number of carbonyl (C=O) groups is 1. The summed E-state index contributed by atoms with van der Waals surface area (Å²) in [5.41, 5.74) is 1.60. The Kier molecular flexibility index (Phi) is 5.20. The van der Waals surface area contributed by atoms with Crippen LogP contribution in [-0.4, -0.2) is 24.7 Å². The van der Waals surface area contributed by atoms with E-state index in [4.69, 9.17) is 9.47 Å². The topological polar surface area (TPSA) is 69.6 Å². The van der Waals surface area contributed by atoms with Crippen molar-refractivity contribution >= 4 is 16.7 Å². The average molecular weight is 410 g/mol. The number of nitrogens with zero attached hydrogens (tertiary/aromatic N) is 1. The molecule has 1 aliphatic carbocycles. The molecule has 4 rings (SSSR count).